The fourth-order valence-corrected chi connectivity index (χ4v) is 3.09. The lowest BCUT2D eigenvalue weighted by Crippen LogP contribution is -2.24. The normalized spacial score (nSPS) is 16.0. The van der Waals surface area contributed by atoms with Crippen LogP contribution < -0.4 is 4.74 Å². The lowest BCUT2D eigenvalue weighted by Gasteiger charge is -2.26. The number of phenolic OH excluding ortho intramolecular Hbond substituents is 1. The summed E-state index contributed by atoms with van der Waals surface area (Å²) in [6, 6.07) is 3.78. The highest BCUT2D eigenvalue weighted by Crippen LogP contribution is 2.43. The third kappa shape index (κ3) is 3.54. The van der Waals surface area contributed by atoms with Gasteiger partial charge in [0.25, 0.3) is 0 Å². The summed E-state index contributed by atoms with van der Waals surface area (Å²) in [4.78, 5) is 11.2. The van der Waals surface area contributed by atoms with Crippen LogP contribution in [0.4, 0.5) is 0 Å². The smallest absolute Gasteiger partial charge is 0.305 e. The summed E-state index contributed by atoms with van der Waals surface area (Å²) in [5.74, 6) is 0.973. The Morgan fingerprint density at radius 2 is 2.09 bits per heavy atom. The molecule has 0 saturated heterocycles. The topological polar surface area (TPSA) is 55.8 Å². The molecule has 0 amide bonds. The van der Waals surface area contributed by atoms with Gasteiger partial charge in [-0.05, 0) is 44.2 Å². The fraction of sp³-hybridized carbons (Fsp3) is 0.611. The molecule has 1 aromatic rings. The molecule has 0 bridgehead atoms. The van der Waals surface area contributed by atoms with Crippen molar-refractivity contribution >= 4 is 5.97 Å². The predicted molar refractivity (Wildman–Crippen MR) is 85.4 cm³/mol. The molecule has 0 radical (unpaired) electrons. The maximum absolute atomic E-state index is 11.2. The molecule has 1 heterocycles. The number of carbonyl (C=O) groups excluding carboxylic acids is 1. The van der Waals surface area contributed by atoms with Gasteiger partial charge in [0, 0.05) is 24.0 Å². The molecule has 2 rings (SSSR count). The third-order valence-corrected chi connectivity index (χ3v) is 4.32. The van der Waals surface area contributed by atoms with E-state index in [0.29, 0.717) is 12.2 Å². The molecule has 1 N–H and O–H groups in total. The van der Waals surface area contributed by atoms with Crippen LogP contribution >= 0.6 is 0 Å². The van der Waals surface area contributed by atoms with Gasteiger partial charge in [0.2, 0.25) is 0 Å². The standard InChI is InChI=1S/C18H26O4/c1-17(2,8-6-7-16(20)21-5)13-10-15-12(9-14(13)19)11-18(3,4)22-15/h9-10,19H,6-8,11H2,1-5H3. The number of carbonyl (C=O) groups is 1. The van der Waals surface area contributed by atoms with Gasteiger partial charge in [-0.2, -0.15) is 0 Å². The average Bonchev–Trinajstić information content (AvgIpc) is 2.70. The Morgan fingerprint density at radius 3 is 2.73 bits per heavy atom. The van der Waals surface area contributed by atoms with Crippen LogP contribution in [0.25, 0.3) is 0 Å². The molecule has 1 aliphatic heterocycles. The largest absolute Gasteiger partial charge is 0.508 e. The zero-order valence-electron chi connectivity index (χ0n) is 14.2. The van der Waals surface area contributed by atoms with Crippen LogP contribution in [-0.4, -0.2) is 23.8 Å². The Balaban J connectivity index is 2.16. The number of rotatable bonds is 5. The molecule has 0 aliphatic carbocycles. The lowest BCUT2D eigenvalue weighted by molar-refractivity contribution is -0.140. The Kier molecular flexibility index (Phi) is 4.41. The summed E-state index contributed by atoms with van der Waals surface area (Å²) in [7, 11) is 1.40. The van der Waals surface area contributed by atoms with Crippen LogP contribution in [0.3, 0.4) is 0 Å². The SMILES string of the molecule is COC(=O)CCCC(C)(C)c1cc2c(cc1O)CC(C)(C)O2. The number of aromatic hydroxyl groups is 1. The summed E-state index contributed by atoms with van der Waals surface area (Å²) >= 11 is 0. The van der Waals surface area contributed by atoms with Crippen LogP contribution in [-0.2, 0) is 21.4 Å². The third-order valence-electron chi connectivity index (χ3n) is 4.32. The van der Waals surface area contributed by atoms with Gasteiger partial charge in [-0.3, -0.25) is 4.79 Å². The van der Waals surface area contributed by atoms with E-state index < -0.39 is 0 Å². The second-order valence-electron chi connectivity index (χ2n) is 7.33. The molecule has 0 aromatic heterocycles. The number of methoxy groups -OCH3 is 1. The van der Waals surface area contributed by atoms with Crippen molar-refractivity contribution < 1.29 is 19.4 Å². The zero-order chi connectivity index (χ0) is 16.5. The number of esters is 1. The van der Waals surface area contributed by atoms with Gasteiger partial charge in [0.05, 0.1) is 7.11 Å². The van der Waals surface area contributed by atoms with Crippen LogP contribution in [0.1, 0.15) is 58.1 Å². The van der Waals surface area contributed by atoms with Gasteiger partial charge in [0.1, 0.15) is 17.1 Å². The minimum Gasteiger partial charge on any atom is -0.508 e. The minimum atomic E-state index is -0.233. The first kappa shape index (κ1) is 16.7. The summed E-state index contributed by atoms with van der Waals surface area (Å²) < 4.78 is 10.6. The highest BCUT2D eigenvalue weighted by molar-refractivity contribution is 5.69. The molecule has 1 aromatic carbocycles. The van der Waals surface area contributed by atoms with Crippen molar-refractivity contribution in [1.82, 2.24) is 0 Å². The maximum Gasteiger partial charge on any atom is 0.305 e. The highest BCUT2D eigenvalue weighted by Gasteiger charge is 2.33. The maximum atomic E-state index is 11.2. The molecular formula is C18H26O4. The summed E-state index contributed by atoms with van der Waals surface area (Å²) in [5, 5.41) is 10.4. The average molecular weight is 306 g/mol. The monoisotopic (exact) mass is 306 g/mol. The first-order chi connectivity index (χ1) is 10.1. The Morgan fingerprint density at radius 1 is 1.41 bits per heavy atom. The zero-order valence-corrected chi connectivity index (χ0v) is 14.2. The molecule has 0 spiro atoms. The van der Waals surface area contributed by atoms with Crippen LogP contribution in [0.15, 0.2) is 12.1 Å². The molecular weight excluding hydrogens is 280 g/mol. The van der Waals surface area contributed by atoms with E-state index >= 15 is 0 Å². The van der Waals surface area contributed by atoms with E-state index in [9.17, 15) is 9.90 Å². The van der Waals surface area contributed by atoms with E-state index in [4.69, 9.17) is 4.74 Å². The fourth-order valence-electron chi connectivity index (χ4n) is 3.09. The Bertz CT molecular complexity index is 573. The van der Waals surface area contributed by atoms with Gasteiger partial charge in [0.15, 0.2) is 0 Å². The van der Waals surface area contributed by atoms with Crippen LogP contribution in [0, 0.1) is 0 Å². The molecule has 1 aliphatic rings. The molecule has 4 heteroatoms. The Hall–Kier alpha value is -1.71. The van der Waals surface area contributed by atoms with Crippen molar-refractivity contribution in [3.8, 4) is 11.5 Å². The van der Waals surface area contributed by atoms with Crippen molar-refractivity contribution in [2.24, 2.45) is 0 Å². The highest BCUT2D eigenvalue weighted by atomic mass is 16.5. The first-order valence-electron chi connectivity index (χ1n) is 7.77. The van der Waals surface area contributed by atoms with Crippen LogP contribution in [0.5, 0.6) is 11.5 Å². The van der Waals surface area contributed by atoms with Crippen molar-refractivity contribution in [3.63, 3.8) is 0 Å². The van der Waals surface area contributed by atoms with Crippen LogP contribution in [0.2, 0.25) is 0 Å². The van der Waals surface area contributed by atoms with Gasteiger partial charge in [-0.1, -0.05) is 13.8 Å². The van der Waals surface area contributed by atoms with E-state index in [2.05, 4.69) is 18.6 Å². The molecule has 0 fully saturated rings. The Labute approximate surface area is 132 Å². The number of phenols is 1. The molecule has 0 saturated carbocycles. The predicted octanol–water partition coefficient (Wildman–Crippen LogP) is 3.73. The molecule has 0 atom stereocenters. The van der Waals surface area contributed by atoms with Gasteiger partial charge in [-0.25, -0.2) is 0 Å². The van der Waals surface area contributed by atoms with E-state index in [1.54, 1.807) is 0 Å². The van der Waals surface area contributed by atoms with Gasteiger partial charge >= 0.3 is 5.97 Å². The summed E-state index contributed by atoms with van der Waals surface area (Å²) in [5.41, 5.74) is 1.47. The number of hydrogen-bond acceptors (Lipinski definition) is 4. The minimum absolute atomic E-state index is 0.195. The number of hydrogen-bond donors (Lipinski definition) is 1. The van der Waals surface area contributed by atoms with E-state index in [0.717, 1.165) is 36.1 Å². The number of fused-ring (bicyclic) bond motifs is 1. The van der Waals surface area contributed by atoms with Gasteiger partial charge < -0.3 is 14.6 Å². The quantitative estimate of drug-likeness (QED) is 0.842. The van der Waals surface area contributed by atoms with Crippen molar-refractivity contribution in [2.75, 3.05) is 7.11 Å². The molecule has 22 heavy (non-hydrogen) atoms. The second kappa shape index (κ2) is 5.82. The van der Waals surface area contributed by atoms with E-state index in [1.165, 1.54) is 7.11 Å². The number of benzene rings is 1. The summed E-state index contributed by atoms with van der Waals surface area (Å²) in [6.07, 6.45) is 2.72. The van der Waals surface area contributed by atoms with Crippen molar-refractivity contribution in [1.29, 1.82) is 0 Å². The molecule has 0 unspecified atom stereocenters. The first-order valence-corrected chi connectivity index (χ1v) is 7.77. The second-order valence-corrected chi connectivity index (χ2v) is 7.33. The van der Waals surface area contributed by atoms with E-state index in [-0.39, 0.29) is 17.0 Å². The molecule has 4 nitrogen and oxygen atoms in total. The molecule has 122 valence electrons. The van der Waals surface area contributed by atoms with Gasteiger partial charge in [-0.15, -0.1) is 0 Å². The number of ether oxygens (including phenoxy) is 2. The lowest BCUT2D eigenvalue weighted by atomic mass is 9.79. The summed E-state index contributed by atoms with van der Waals surface area (Å²) in [6.45, 7) is 8.24. The van der Waals surface area contributed by atoms with Crippen molar-refractivity contribution in [2.45, 2.75) is 64.4 Å². The van der Waals surface area contributed by atoms with Crippen molar-refractivity contribution in [3.05, 3.63) is 23.3 Å². The van der Waals surface area contributed by atoms with E-state index in [1.807, 2.05) is 26.0 Å².